The molecule has 114 valence electrons. The maximum Gasteiger partial charge on any atom is 0.348 e. The highest BCUT2D eigenvalue weighted by atomic mass is 16.6. The van der Waals surface area contributed by atoms with E-state index >= 15 is 0 Å². The van der Waals surface area contributed by atoms with Crippen LogP contribution in [-0.2, 0) is 19.1 Å². The van der Waals surface area contributed by atoms with Crippen LogP contribution in [0, 0.1) is 10.8 Å². The maximum absolute atomic E-state index is 12.6. The summed E-state index contributed by atoms with van der Waals surface area (Å²) in [6.07, 6.45) is -0.462. The van der Waals surface area contributed by atoms with Crippen LogP contribution in [0.15, 0.2) is 24.3 Å². The number of rotatable bonds is 2. The molecule has 22 heavy (non-hydrogen) atoms. The first-order valence-electron chi connectivity index (χ1n) is 7.39. The molecule has 1 aliphatic heterocycles. The molecule has 1 aromatic rings. The van der Waals surface area contributed by atoms with Gasteiger partial charge in [-0.3, -0.25) is 9.59 Å². The third kappa shape index (κ3) is 1.51. The van der Waals surface area contributed by atoms with E-state index < -0.39 is 28.9 Å². The summed E-state index contributed by atoms with van der Waals surface area (Å²) < 4.78 is 10.4. The van der Waals surface area contributed by atoms with Crippen molar-refractivity contribution in [2.45, 2.75) is 32.3 Å². The second kappa shape index (κ2) is 3.97. The van der Waals surface area contributed by atoms with Gasteiger partial charge in [-0.25, -0.2) is 4.79 Å². The fourth-order valence-corrected chi connectivity index (χ4v) is 3.60. The molecule has 0 N–H and O–H groups in total. The van der Waals surface area contributed by atoms with E-state index in [1.54, 1.807) is 12.1 Å². The van der Waals surface area contributed by atoms with E-state index in [-0.39, 0.29) is 18.3 Å². The number of ether oxygens (including phenoxy) is 2. The van der Waals surface area contributed by atoms with Gasteiger partial charge in [0.05, 0.1) is 0 Å². The molecular formula is C17H16O5. The standard InChI is InChI=1S/C17H16O5/c1-16(2)8-21-14(19)13(16)22-15(20)17-7-11(17)9-5-3-4-6-10(9)12(17)18/h3-6,11,13H,7-8H2,1-2H3. The number of fused-ring (bicyclic) bond motifs is 3. The zero-order chi connectivity index (χ0) is 15.7. The Hall–Kier alpha value is -2.17. The van der Waals surface area contributed by atoms with Crippen molar-refractivity contribution in [3.8, 4) is 0 Å². The van der Waals surface area contributed by atoms with Gasteiger partial charge in [-0.2, -0.15) is 0 Å². The van der Waals surface area contributed by atoms with Crippen molar-refractivity contribution < 1.29 is 23.9 Å². The van der Waals surface area contributed by atoms with Crippen molar-refractivity contribution in [3.63, 3.8) is 0 Å². The van der Waals surface area contributed by atoms with Gasteiger partial charge in [0, 0.05) is 16.9 Å². The Morgan fingerprint density at radius 1 is 1.27 bits per heavy atom. The lowest BCUT2D eigenvalue weighted by Crippen LogP contribution is -2.39. The van der Waals surface area contributed by atoms with Crippen molar-refractivity contribution in [2.75, 3.05) is 6.61 Å². The summed E-state index contributed by atoms with van der Waals surface area (Å²) >= 11 is 0. The van der Waals surface area contributed by atoms with Crippen molar-refractivity contribution in [1.82, 2.24) is 0 Å². The molecule has 2 fully saturated rings. The van der Waals surface area contributed by atoms with Gasteiger partial charge in [-0.05, 0) is 12.0 Å². The Morgan fingerprint density at radius 2 is 2.00 bits per heavy atom. The lowest BCUT2D eigenvalue weighted by atomic mass is 9.89. The van der Waals surface area contributed by atoms with E-state index in [0.29, 0.717) is 12.0 Å². The van der Waals surface area contributed by atoms with E-state index in [2.05, 4.69) is 0 Å². The Bertz CT molecular complexity index is 720. The van der Waals surface area contributed by atoms with E-state index in [9.17, 15) is 14.4 Å². The van der Waals surface area contributed by atoms with Gasteiger partial charge in [0.25, 0.3) is 0 Å². The first-order valence-corrected chi connectivity index (χ1v) is 7.39. The molecule has 1 saturated heterocycles. The van der Waals surface area contributed by atoms with Gasteiger partial charge in [0.15, 0.2) is 5.78 Å². The number of Topliss-reactive ketones (excluding diaryl/α,β-unsaturated/α-hetero) is 1. The molecule has 3 atom stereocenters. The third-order valence-electron chi connectivity index (χ3n) is 5.05. The molecule has 4 rings (SSSR count). The second-order valence-corrected chi connectivity index (χ2v) is 7.03. The summed E-state index contributed by atoms with van der Waals surface area (Å²) in [6, 6.07) is 7.28. The molecule has 0 spiro atoms. The van der Waals surface area contributed by atoms with Crippen molar-refractivity contribution in [2.24, 2.45) is 10.8 Å². The average Bonchev–Trinajstić information content (AvgIpc) is 3.14. The van der Waals surface area contributed by atoms with Gasteiger partial charge < -0.3 is 9.47 Å². The molecule has 0 amide bonds. The lowest BCUT2D eigenvalue weighted by molar-refractivity contribution is -0.166. The van der Waals surface area contributed by atoms with Gasteiger partial charge in [-0.15, -0.1) is 0 Å². The van der Waals surface area contributed by atoms with Crippen LogP contribution < -0.4 is 0 Å². The SMILES string of the molecule is CC1(C)COC(=O)C1OC(=O)C12CC1c1ccccc1C2=O. The Labute approximate surface area is 127 Å². The van der Waals surface area contributed by atoms with Gasteiger partial charge >= 0.3 is 11.9 Å². The molecule has 3 aliphatic rings. The number of ketones is 1. The number of benzene rings is 1. The highest BCUT2D eigenvalue weighted by molar-refractivity contribution is 6.20. The number of hydrogen-bond acceptors (Lipinski definition) is 5. The predicted octanol–water partition coefficient (Wildman–Crippen LogP) is 1.85. The normalized spacial score (nSPS) is 33.9. The van der Waals surface area contributed by atoms with Crippen molar-refractivity contribution in [1.29, 1.82) is 0 Å². The second-order valence-electron chi connectivity index (χ2n) is 7.03. The summed E-state index contributed by atoms with van der Waals surface area (Å²) in [6.45, 7) is 3.83. The van der Waals surface area contributed by atoms with Crippen LogP contribution in [0.3, 0.4) is 0 Å². The van der Waals surface area contributed by atoms with E-state index in [1.807, 2.05) is 26.0 Å². The number of cyclic esters (lactones) is 1. The van der Waals surface area contributed by atoms with Crippen LogP contribution in [0.5, 0.6) is 0 Å². The van der Waals surface area contributed by atoms with Crippen LogP contribution in [-0.4, -0.2) is 30.4 Å². The average molecular weight is 300 g/mol. The zero-order valence-corrected chi connectivity index (χ0v) is 12.4. The van der Waals surface area contributed by atoms with Crippen LogP contribution in [0.25, 0.3) is 0 Å². The molecule has 0 aromatic heterocycles. The number of hydrogen-bond donors (Lipinski definition) is 0. The van der Waals surface area contributed by atoms with Crippen LogP contribution in [0.1, 0.15) is 42.1 Å². The van der Waals surface area contributed by atoms with Crippen LogP contribution >= 0.6 is 0 Å². The van der Waals surface area contributed by atoms with Gasteiger partial charge in [-0.1, -0.05) is 38.1 Å². The maximum atomic E-state index is 12.6. The fraction of sp³-hybridized carbons (Fsp3) is 0.471. The Balaban J connectivity index is 1.61. The van der Waals surface area contributed by atoms with Crippen molar-refractivity contribution >= 4 is 17.7 Å². The highest BCUT2D eigenvalue weighted by Crippen LogP contribution is 2.67. The molecule has 2 aliphatic carbocycles. The summed E-state index contributed by atoms with van der Waals surface area (Å²) in [5.74, 6) is -1.41. The number of carbonyl (C=O) groups excluding carboxylic acids is 3. The number of esters is 2. The predicted molar refractivity (Wildman–Crippen MR) is 75.2 cm³/mol. The van der Waals surface area contributed by atoms with Gasteiger partial charge in [0.1, 0.15) is 12.0 Å². The molecular weight excluding hydrogens is 284 g/mol. The van der Waals surface area contributed by atoms with E-state index in [1.165, 1.54) is 0 Å². The van der Waals surface area contributed by atoms with Gasteiger partial charge in [0.2, 0.25) is 6.10 Å². The molecule has 0 bridgehead atoms. The molecule has 5 heteroatoms. The summed E-state index contributed by atoms with van der Waals surface area (Å²) in [7, 11) is 0. The molecule has 1 aromatic carbocycles. The summed E-state index contributed by atoms with van der Waals surface area (Å²) in [5, 5.41) is 0. The minimum absolute atomic E-state index is 0.107. The molecule has 3 unspecified atom stereocenters. The molecule has 5 nitrogen and oxygen atoms in total. The largest absolute Gasteiger partial charge is 0.462 e. The minimum Gasteiger partial charge on any atom is -0.462 e. The Kier molecular flexibility index (Phi) is 2.43. The van der Waals surface area contributed by atoms with Crippen molar-refractivity contribution in [3.05, 3.63) is 35.4 Å². The zero-order valence-electron chi connectivity index (χ0n) is 12.4. The lowest BCUT2D eigenvalue weighted by Gasteiger charge is -2.23. The monoisotopic (exact) mass is 300 g/mol. The van der Waals surface area contributed by atoms with Crippen LogP contribution in [0.4, 0.5) is 0 Å². The fourth-order valence-electron chi connectivity index (χ4n) is 3.60. The number of carbonyl (C=O) groups is 3. The quantitative estimate of drug-likeness (QED) is 0.616. The third-order valence-corrected chi connectivity index (χ3v) is 5.05. The topological polar surface area (TPSA) is 69.7 Å². The first-order chi connectivity index (χ1) is 10.4. The summed E-state index contributed by atoms with van der Waals surface area (Å²) in [5.41, 5.74) is -0.160. The smallest absolute Gasteiger partial charge is 0.348 e. The van der Waals surface area contributed by atoms with E-state index in [0.717, 1.165) is 5.56 Å². The Morgan fingerprint density at radius 3 is 2.64 bits per heavy atom. The van der Waals surface area contributed by atoms with Crippen LogP contribution in [0.2, 0.25) is 0 Å². The van der Waals surface area contributed by atoms with E-state index in [4.69, 9.17) is 9.47 Å². The minimum atomic E-state index is -1.11. The molecule has 0 radical (unpaired) electrons. The molecule has 1 heterocycles. The highest BCUT2D eigenvalue weighted by Gasteiger charge is 2.72. The molecule has 1 saturated carbocycles. The summed E-state index contributed by atoms with van der Waals surface area (Å²) in [4.78, 5) is 37.0. The first kappa shape index (κ1) is 13.5.